The summed E-state index contributed by atoms with van der Waals surface area (Å²) in [6.45, 7) is 1.66. The highest BCUT2D eigenvalue weighted by Crippen LogP contribution is 2.28. The lowest BCUT2D eigenvalue weighted by Gasteiger charge is -2.27. The fourth-order valence-corrected chi connectivity index (χ4v) is 2.64. The number of nitrogens with one attached hydrogen (secondary N) is 1. The Bertz CT molecular complexity index is 539. The molecule has 7 nitrogen and oxygen atoms in total. The lowest BCUT2D eigenvalue weighted by molar-refractivity contribution is -0.385. The van der Waals surface area contributed by atoms with Crippen molar-refractivity contribution in [2.75, 3.05) is 12.4 Å². The van der Waals surface area contributed by atoms with Gasteiger partial charge in [-0.3, -0.25) is 14.9 Å². The molecular formula is C14H19N3O4. The molecular weight excluding hydrogens is 274 g/mol. The number of rotatable bonds is 4. The van der Waals surface area contributed by atoms with E-state index in [-0.39, 0.29) is 23.6 Å². The van der Waals surface area contributed by atoms with E-state index >= 15 is 0 Å². The van der Waals surface area contributed by atoms with Crippen LogP contribution in [0.25, 0.3) is 0 Å². The maximum Gasteiger partial charge on any atom is 0.308 e. The molecule has 0 amide bonds. The summed E-state index contributed by atoms with van der Waals surface area (Å²) >= 11 is 0. The minimum Gasteiger partial charge on any atom is -0.469 e. The average Bonchev–Trinajstić information content (AvgIpc) is 2.49. The van der Waals surface area contributed by atoms with Crippen LogP contribution in [0.15, 0.2) is 12.3 Å². The molecule has 0 radical (unpaired) electrons. The van der Waals surface area contributed by atoms with E-state index < -0.39 is 4.92 Å². The van der Waals surface area contributed by atoms with Gasteiger partial charge in [-0.25, -0.2) is 4.98 Å². The highest BCUT2D eigenvalue weighted by molar-refractivity contribution is 5.72. The van der Waals surface area contributed by atoms with Crippen LogP contribution in [0.5, 0.6) is 0 Å². The zero-order valence-corrected chi connectivity index (χ0v) is 12.2. The van der Waals surface area contributed by atoms with Crippen molar-refractivity contribution in [2.24, 2.45) is 5.92 Å². The van der Waals surface area contributed by atoms with E-state index in [0.717, 1.165) is 25.7 Å². The number of hydrogen-bond donors (Lipinski definition) is 1. The van der Waals surface area contributed by atoms with Crippen LogP contribution in [-0.4, -0.2) is 29.0 Å². The van der Waals surface area contributed by atoms with Gasteiger partial charge in [0.1, 0.15) is 5.82 Å². The van der Waals surface area contributed by atoms with E-state index in [9.17, 15) is 14.9 Å². The van der Waals surface area contributed by atoms with E-state index in [1.54, 1.807) is 6.92 Å². The molecule has 2 rings (SSSR count). The fourth-order valence-electron chi connectivity index (χ4n) is 2.64. The van der Waals surface area contributed by atoms with Gasteiger partial charge in [-0.2, -0.15) is 0 Å². The number of ether oxygens (including phenoxy) is 1. The molecule has 0 aliphatic heterocycles. The van der Waals surface area contributed by atoms with Crippen molar-refractivity contribution < 1.29 is 14.5 Å². The number of esters is 1. The van der Waals surface area contributed by atoms with Crippen LogP contribution in [0.2, 0.25) is 0 Å². The van der Waals surface area contributed by atoms with Crippen molar-refractivity contribution in [2.45, 2.75) is 38.6 Å². The number of nitro groups is 1. The predicted octanol–water partition coefficient (Wildman–Crippen LogP) is 2.44. The molecule has 1 fully saturated rings. The number of methoxy groups -OCH3 is 1. The molecule has 1 aromatic rings. The van der Waals surface area contributed by atoms with Crippen molar-refractivity contribution in [1.82, 2.24) is 4.98 Å². The molecule has 0 saturated heterocycles. The van der Waals surface area contributed by atoms with Gasteiger partial charge in [-0.05, 0) is 32.6 Å². The monoisotopic (exact) mass is 293 g/mol. The number of anilines is 1. The maximum atomic E-state index is 11.5. The number of aryl methyl sites for hydroxylation is 1. The smallest absolute Gasteiger partial charge is 0.308 e. The number of nitrogens with zero attached hydrogens (tertiary/aromatic N) is 2. The van der Waals surface area contributed by atoms with E-state index in [2.05, 4.69) is 10.3 Å². The van der Waals surface area contributed by atoms with Crippen LogP contribution in [0, 0.1) is 23.0 Å². The third-order valence-electron chi connectivity index (χ3n) is 3.89. The first-order chi connectivity index (χ1) is 10.0. The highest BCUT2D eigenvalue weighted by Gasteiger charge is 2.27. The Morgan fingerprint density at radius 1 is 1.43 bits per heavy atom. The minimum atomic E-state index is -0.406. The van der Waals surface area contributed by atoms with Gasteiger partial charge in [-0.15, -0.1) is 0 Å². The van der Waals surface area contributed by atoms with Crippen molar-refractivity contribution >= 4 is 17.5 Å². The Labute approximate surface area is 122 Å². The zero-order chi connectivity index (χ0) is 15.4. The molecule has 1 heterocycles. The highest BCUT2D eigenvalue weighted by atomic mass is 16.6. The van der Waals surface area contributed by atoms with E-state index in [1.807, 2.05) is 0 Å². The molecule has 0 bridgehead atoms. The van der Waals surface area contributed by atoms with Crippen molar-refractivity contribution in [3.63, 3.8) is 0 Å². The second-order valence-electron chi connectivity index (χ2n) is 5.33. The summed E-state index contributed by atoms with van der Waals surface area (Å²) in [5.41, 5.74) is 0.607. The third kappa shape index (κ3) is 3.68. The Kier molecular flexibility index (Phi) is 4.72. The summed E-state index contributed by atoms with van der Waals surface area (Å²) < 4.78 is 4.75. The van der Waals surface area contributed by atoms with Gasteiger partial charge in [0.2, 0.25) is 0 Å². The summed E-state index contributed by atoms with van der Waals surface area (Å²) in [5.74, 6) is 0.319. The molecule has 1 N–H and O–H groups in total. The Balaban J connectivity index is 1.96. The van der Waals surface area contributed by atoms with Gasteiger partial charge in [0, 0.05) is 17.8 Å². The van der Waals surface area contributed by atoms with E-state index in [4.69, 9.17) is 4.74 Å². The molecule has 7 heteroatoms. The zero-order valence-electron chi connectivity index (χ0n) is 12.2. The minimum absolute atomic E-state index is 0.0339. The molecule has 1 saturated carbocycles. The molecule has 0 spiro atoms. The first-order valence-electron chi connectivity index (χ1n) is 6.96. The van der Waals surface area contributed by atoms with Gasteiger partial charge < -0.3 is 10.1 Å². The lowest BCUT2D eigenvalue weighted by Crippen LogP contribution is -2.30. The van der Waals surface area contributed by atoms with Gasteiger partial charge in [0.05, 0.1) is 24.0 Å². The molecule has 1 aliphatic carbocycles. The van der Waals surface area contributed by atoms with Crippen LogP contribution in [0.3, 0.4) is 0 Å². The van der Waals surface area contributed by atoms with Crippen LogP contribution < -0.4 is 5.32 Å². The van der Waals surface area contributed by atoms with Gasteiger partial charge >= 0.3 is 5.97 Å². The molecule has 114 valence electrons. The normalized spacial score (nSPS) is 21.6. The molecule has 21 heavy (non-hydrogen) atoms. The van der Waals surface area contributed by atoms with Crippen molar-refractivity contribution in [1.29, 1.82) is 0 Å². The molecule has 1 aromatic heterocycles. The van der Waals surface area contributed by atoms with Crippen molar-refractivity contribution in [3.8, 4) is 0 Å². The van der Waals surface area contributed by atoms with Crippen molar-refractivity contribution in [3.05, 3.63) is 27.9 Å². The van der Waals surface area contributed by atoms with Crippen LogP contribution in [0.4, 0.5) is 11.5 Å². The quantitative estimate of drug-likeness (QED) is 0.520. The standard InChI is InChI=1S/C14H19N3O4/c1-9-8-15-13(7-12(9)17(19)20)16-11-5-3-10(4-6-11)14(18)21-2/h7-8,10-11H,3-6H2,1-2H3,(H,15,16). The number of carbonyl (C=O) groups excluding carboxylic acids is 1. The summed E-state index contributed by atoms with van der Waals surface area (Å²) in [5, 5.41) is 14.1. The molecule has 0 atom stereocenters. The number of aromatic nitrogens is 1. The fraction of sp³-hybridized carbons (Fsp3) is 0.571. The number of hydrogen-bond acceptors (Lipinski definition) is 6. The second kappa shape index (κ2) is 6.51. The second-order valence-corrected chi connectivity index (χ2v) is 5.33. The first-order valence-corrected chi connectivity index (χ1v) is 6.96. The lowest BCUT2D eigenvalue weighted by atomic mass is 9.86. The van der Waals surface area contributed by atoms with Crippen LogP contribution >= 0.6 is 0 Å². The largest absolute Gasteiger partial charge is 0.469 e. The SMILES string of the molecule is COC(=O)C1CCC(Nc2cc([N+](=O)[O-])c(C)cn2)CC1. The Hall–Kier alpha value is -2.18. The molecule has 0 aromatic carbocycles. The summed E-state index contributed by atoms with van der Waals surface area (Å²) in [4.78, 5) is 26.1. The number of pyridine rings is 1. The third-order valence-corrected chi connectivity index (χ3v) is 3.89. The Morgan fingerprint density at radius 2 is 2.10 bits per heavy atom. The number of carbonyl (C=O) groups is 1. The Morgan fingerprint density at radius 3 is 2.67 bits per heavy atom. The molecule has 1 aliphatic rings. The summed E-state index contributed by atoms with van der Waals surface area (Å²) in [7, 11) is 1.40. The van der Waals surface area contributed by atoms with Gasteiger partial charge in [-0.1, -0.05) is 0 Å². The maximum absolute atomic E-state index is 11.5. The van der Waals surface area contributed by atoms with Crippen LogP contribution in [0.1, 0.15) is 31.2 Å². The predicted molar refractivity (Wildman–Crippen MR) is 77.0 cm³/mol. The molecule has 0 unspecified atom stereocenters. The topological polar surface area (TPSA) is 94.4 Å². The van der Waals surface area contributed by atoms with E-state index in [0.29, 0.717) is 11.4 Å². The van der Waals surface area contributed by atoms with Gasteiger partial charge in [0.15, 0.2) is 0 Å². The van der Waals surface area contributed by atoms with Gasteiger partial charge in [0.25, 0.3) is 5.69 Å². The van der Waals surface area contributed by atoms with E-state index in [1.165, 1.54) is 19.4 Å². The average molecular weight is 293 g/mol. The summed E-state index contributed by atoms with van der Waals surface area (Å²) in [6.07, 6.45) is 4.67. The first kappa shape index (κ1) is 15.2. The van der Waals surface area contributed by atoms with Crippen LogP contribution in [-0.2, 0) is 9.53 Å². The summed E-state index contributed by atoms with van der Waals surface area (Å²) in [6, 6.07) is 1.64.